The van der Waals surface area contributed by atoms with Crippen LogP contribution in [0.3, 0.4) is 0 Å². The standard InChI is InChI=1S/C17H18ClN3/c1-11(12-3-6-14(19)7-4-12)9-17-20-15-8-5-13(18)10-16(15)21(17)2/h3-8,10-11H,9,19H2,1-2H3. The number of nitrogen functional groups attached to an aromatic ring is 1. The molecule has 4 heteroatoms. The molecule has 1 unspecified atom stereocenters. The van der Waals surface area contributed by atoms with E-state index in [1.165, 1.54) is 5.56 Å². The molecule has 2 N–H and O–H groups in total. The molecule has 1 aromatic heterocycles. The van der Waals surface area contributed by atoms with Crippen molar-refractivity contribution in [3.63, 3.8) is 0 Å². The van der Waals surface area contributed by atoms with Crippen molar-refractivity contribution in [2.24, 2.45) is 7.05 Å². The van der Waals surface area contributed by atoms with Gasteiger partial charge in [-0.2, -0.15) is 0 Å². The Bertz CT molecular complexity index is 775. The third-order valence-corrected chi connectivity index (χ3v) is 4.16. The van der Waals surface area contributed by atoms with Crippen molar-refractivity contribution in [3.05, 3.63) is 58.9 Å². The highest BCUT2D eigenvalue weighted by atomic mass is 35.5. The van der Waals surface area contributed by atoms with Gasteiger partial charge in [0.05, 0.1) is 11.0 Å². The molecular formula is C17H18ClN3. The Labute approximate surface area is 129 Å². The van der Waals surface area contributed by atoms with E-state index < -0.39 is 0 Å². The van der Waals surface area contributed by atoms with Crippen LogP contribution in [0.5, 0.6) is 0 Å². The second-order valence-corrected chi connectivity index (χ2v) is 5.93. The molecule has 3 nitrogen and oxygen atoms in total. The lowest BCUT2D eigenvalue weighted by Gasteiger charge is -2.12. The lowest BCUT2D eigenvalue weighted by Crippen LogP contribution is -2.04. The van der Waals surface area contributed by atoms with E-state index in [2.05, 4.69) is 23.6 Å². The zero-order chi connectivity index (χ0) is 15.0. The predicted octanol–water partition coefficient (Wildman–Crippen LogP) is 4.16. The average Bonchev–Trinajstić information content (AvgIpc) is 2.76. The highest BCUT2D eigenvalue weighted by Crippen LogP contribution is 2.24. The fraction of sp³-hybridized carbons (Fsp3) is 0.235. The maximum atomic E-state index is 6.06. The Morgan fingerprint density at radius 1 is 1.19 bits per heavy atom. The van der Waals surface area contributed by atoms with Gasteiger partial charge in [-0.15, -0.1) is 0 Å². The molecule has 0 aliphatic heterocycles. The fourth-order valence-electron chi connectivity index (χ4n) is 2.61. The maximum absolute atomic E-state index is 6.06. The summed E-state index contributed by atoms with van der Waals surface area (Å²) in [6, 6.07) is 13.9. The van der Waals surface area contributed by atoms with E-state index in [-0.39, 0.29) is 0 Å². The van der Waals surface area contributed by atoms with Crippen molar-refractivity contribution in [1.29, 1.82) is 0 Å². The number of hydrogen-bond donors (Lipinski definition) is 1. The van der Waals surface area contributed by atoms with Gasteiger partial charge in [0.15, 0.2) is 0 Å². The largest absolute Gasteiger partial charge is 0.399 e. The number of anilines is 1. The van der Waals surface area contributed by atoms with Crippen molar-refractivity contribution >= 4 is 28.3 Å². The van der Waals surface area contributed by atoms with Gasteiger partial charge < -0.3 is 10.3 Å². The first-order valence-electron chi connectivity index (χ1n) is 7.01. The maximum Gasteiger partial charge on any atom is 0.110 e. The smallest absolute Gasteiger partial charge is 0.110 e. The molecule has 21 heavy (non-hydrogen) atoms. The summed E-state index contributed by atoms with van der Waals surface area (Å²) in [6.45, 7) is 2.21. The summed E-state index contributed by atoms with van der Waals surface area (Å²) in [6.07, 6.45) is 0.882. The van der Waals surface area contributed by atoms with Crippen LogP contribution in [0.1, 0.15) is 24.2 Å². The van der Waals surface area contributed by atoms with Crippen LogP contribution in [0.25, 0.3) is 11.0 Å². The number of benzene rings is 2. The number of nitrogens with two attached hydrogens (primary N) is 1. The molecule has 1 heterocycles. The van der Waals surface area contributed by atoms with Gasteiger partial charge in [0.1, 0.15) is 5.82 Å². The minimum atomic E-state index is 0.386. The topological polar surface area (TPSA) is 43.8 Å². The summed E-state index contributed by atoms with van der Waals surface area (Å²) in [5, 5.41) is 0.739. The zero-order valence-corrected chi connectivity index (χ0v) is 12.9. The number of aryl methyl sites for hydroxylation is 1. The van der Waals surface area contributed by atoms with Crippen LogP contribution in [-0.2, 0) is 13.5 Å². The second kappa shape index (κ2) is 5.41. The molecule has 0 aliphatic carbocycles. The van der Waals surface area contributed by atoms with Crippen LogP contribution in [0.15, 0.2) is 42.5 Å². The van der Waals surface area contributed by atoms with Gasteiger partial charge in [-0.1, -0.05) is 30.7 Å². The molecule has 0 saturated carbocycles. The molecule has 0 aliphatic rings. The number of fused-ring (bicyclic) bond motifs is 1. The van der Waals surface area contributed by atoms with E-state index in [1.807, 2.05) is 37.4 Å². The average molecular weight is 300 g/mol. The van der Waals surface area contributed by atoms with Crippen LogP contribution in [0, 0.1) is 0 Å². The number of aromatic nitrogens is 2. The minimum absolute atomic E-state index is 0.386. The molecule has 2 aromatic carbocycles. The third kappa shape index (κ3) is 2.74. The summed E-state index contributed by atoms with van der Waals surface area (Å²) < 4.78 is 2.12. The van der Waals surface area contributed by atoms with E-state index in [0.717, 1.165) is 34.0 Å². The quantitative estimate of drug-likeness (QED) is 0.738. The molecule has 3 aromatic rings. The first kappa shape index (κ1) is 14.0. The zero-order valence-electron chi connectivity index (χ0n) is 12.2. The second-order valence-electron chi connectivity index (χ2n) is 5.49. The number of hydrogen-bond acceptors (Lipinski definition) is 2. The van der Waals surface area contributed by atoms with Crippen LogP contribution in [-0.4, -0.2) is 9.55 Å². The SMILES string of the molecule is CC(Cc1nc2ccc(Cl)cc2n1C)c1ccc(N)cc1. The van der Waals surface area contributed by atoms with Crippen molar-refractivity contribution in [2.45, 2.75) is 19.3 Å². The Balaban J connectivity index is 1.90. The van der Waals surface area contributed by atoms with Gasteiger partial charge in [0.25, 0.3) is 0 Å². The molecule has 0 bridgehead atoms. The van der Waals surface area contributed by atoms with Gasteiger partial charge in [0, 0.05) is 24.2 Å². The van der Waals surface area contributed by atoms with Crippen molar-refractivity contribution < 1.29 is 0 Å². The molecule has 3 rings (SSSR count). The lowest BCUT2D eigenvalue weighted by molar-refractivity contribution is 0.690. The number of nitrogens with zero attached hydrogens (tertiary/aromatic N) is 2. The third-order valence-electron chi connectivity index (χ3n) is 3.93. The summed E-state index contributed by atoms with van der Waals surface area (Å²) in [7, 11) is 2.04. The van der Waals surface area contributed by atoms with Crippen LogP contribution in [0.2, 0.25) is 5.02 Å². The highest BCUT2D eigenvalue weighted by molar-refractivity contribution is 6.31. The predicted molar refractivity (Wildman–Crippen MR) is 88.7 cm³/mol. The molecule has 0 saturated heterocycles. The molecule has 108 valence electrons. The summed E-state index contributed by atoms with van der Waals surface area (Å²) in [5.74, 6) is 1.45. The van der Waals surface area contributed by atoms with Gasteiger partial charge >= 0.3 is 0 Å². The fourth-order valence-corrected chi connectivity index (χ4v) is 2.78. The molecular weight excluding hydrogens is 282 g/mol. The van der Waals surface area contributed by atoms with E-state index >= 15 is 0 Å². The van der Waals surface area contributed by atoms with Crippen molar-refractivity contribution in [2.75, 3.05) is 5.73 Å². The Morgan fingerprint density at radius 2 is 1.90 bits per heavy atom. The van der Waals surface area contributed by atoms with Crippen LogP contribution >= 0.6 is 11.6 Å². The number of imidazole rings is 1. The minimum Gasteiger partial charge on any atom is -0.399 e. The van der Waals surface area contributed by atoms with Crippen LogP contribution < -0.4 is 5.73 Å². The Morgan fingerprint density at radius 3 is 2.62 bits per heavy atom. The van der Waals surface area contributed by atoms with E-state index in [4.69, 9.17) is 22.3 Å². The molecule has 0 fully saturated rings. The van der Waals surface area contributed by atoms with Gasteiger partial charge in [0.2, 0.25) is 0 Å². The lowest BCUT2D eigenvalue weighted by atomic mass is 9.97. The summed E-state index contributed by atoms with van der Waals surface area (Å²) in [4.78, 5) is 4.72. The first-order chi connectivity index (χ1) is 10.0. The monoisotopic (exact) mass is 299 g/mol. The summed E-state index contributed by atoms with van der Waals surface area (Å²) >= 11 is 6.06. The molecule has 0 radical (unpaired) electrons. The Kier molecular flexibility index (Phi) is 3.60. The molecule has 0 amide bonds. The first-order valence-corrected chi connectivity index (χ1v) is 7.38. The number of halogens is 1. The normalized spacial score (nSPS) is 12.7. The van der Waals surface area contributed by atoms with E-state index in [9.17, 15) is 0 Å². The van der Waals surface area contributed by atoms with E-state index in [1.54, 1.807) is 0 Å². The molecule has 0 spiro atoms. The van der Waals surface area contributed by atoms with E-state index in [0.29, 0.717) is 5.92 Å². The van der Waals surface area contributed by atoms with Gasteiger partial charge in [-0.05, 0) is 41.8 Å². The van der Waals surface area contributed by atoms with Crippen molar-refractivity contribution in [3.8, 4) is 0 Å². The van der Waals surface area contributed by atoms with Gasteiger partial charge in [-0.3, -0.25) is 0 Å². The highest BCUT2D eigenvalue weighted by Gasteiger charge is 2.13. The van der Waals surface area contributed by atoms with Crippen molar-refractivity contribution in [1.82, 2.24) is 9.55 Å². The molecule has 1 atom stereocenters. The van der Waals surface area contributed by atoms with Gasteiger partial charge in [-0.25, -0.2) is 4.98 Å². The number of rotatable bonds is 3. The van der Waals surface area contributed by atoms with Crippen LogP contribution in [0.4, 0.5) is 5.69 Å². The Hall–Kier alpha value is -2.00. The summed E-state index contributed by atoms with van der Waals surface area (Å²) in [5.41, 5.74) is 9.87.